The standard InChI is InChI=1S/C30H29NO4/c1-3-31(28-15-9-11-22-10-7-8-14-26(22)28)30(34)27-20-24(35-23-12-5-4-6-13-23)17-18-25(27)21(2)16-19-29(32)33/h4-15,17-18,20-21H,3,16,19H2,1-2H3,(H,32,33)/t21-/m1/s1. The molecule has 1 atom stereocenters. The first-order valence-electron chi connectivity index (χ1n) is 11.9. The van der Waals surface area contributed by atoms with E-state index >= 15 is 0 Å². The Bertz CT molecular complexity index is 1330. The maximum Gasteiger partial charge on any atom is 0.303 e. The highest BCUT2D eigenvalue weighted by molar-refractivity contribution is 6.11. The van der Waals surface area contributed by atoms with Gasteiger partial charge in [0, 0.05) is 23.9 Å². The average molecular weight is 468 g/mol. The molecule has 0 fully saturated rings. The van der Waals surface area contributed by atoms with E-state index in [0.717, 1.165) is 22.0 Å². The fourth-order valence-electron chi connectivity index (χ4n) is 4.35. The molecule has 0 heterocycles. The molecule has 0 aromatic heterocycles. The Balaban J connectivity index is 1.76. The quantitative estimate of drug-likeness (QED) is 0.281. The van der Waals surface area contributed by atoms with Crippen molar-refractivity contribution >= 4 is 28.3 Å². The second kappa shape index (κ2) is 10.9. The first-order chi connectivity index (χ1) is 17.0. The van der Waals surface area contributed by atoms with Gasteiger partial charge in [0.05, 0.1) is 5.69 Å². The number of carboxylic acids is 1. The Morgan fingerprint density at radius 2 is 1.60 bits per heavy atom. The number of nitrogens with zero attached hydrogens (tertiary/aromatic N) is 1. The van der Waals surface area contributed by atoms with Crippen molar-refractivity contribution in [2.45, 2.75) is 32.6 Å². The van der Waals surface area contributed by atoms with E-state index in [1.54, 1.807) is 11.0 Å². The number of carbonyl (C=O) groups excluding carboxylic acids is 1. The van der Waals surface area contributed by atoms with Crippen LogP contribution in [-0.2, 0) is 4.79 Å². The van der Waals surface area contributed by atoms with Crippen LogP contribution in [0.1, 0.15) is 48.5 Å². The van der Waals surface area contributed by atoms with E-state index in [1.165, 1.54) is 0 Å². The highest BCUT2D eigenvalue weighted by Crippen LogP contribution is 2.33. The number of rotatable bonds is 9. The van der Waals surface area contributed by atoms with E-state index < -0.39 is 5.97 Å². The SMILES string of the molecule is CCN(C(=O)c1cc(Oc2ccccc2)ccc1[C@H](C)CCC(=O)O)c1cccc2ccccc12. The van der Waals surface area contributed by atoms with E-state index in [2.05, 4.69) is 0 Å². The van der Waals surface area contributed by atoms with Crippen LogP contribution >= 0.6 is 0 Å². The van der Waals surface area contributed by atoms with Crippen LogP contribution in [0.3, 0.4) is 0 Å². The molecule has 5 heteroatoms. The minimum atomic E-state index is -0.848. The lowest BCUT2D eigenvalue weighted by Crippen LogP contribution is -2.31. The number of aliphatic carboxylic acids is 1. The van der Waals surface area contributed by atoms with Gasteiger partial charge in [0.25, 0.3) is 5.91 Å². The van der Waals surface area contributed by atoms with Crippen molar-refractivity contribution in [3.05, 3.63) is 102 Å². The van der Waals surface area contributed by atoms with Crippen LogP contribution < -0.4 is 9.64 Å². The van der Waals surface area contributed by atoms with Crippen LogP contribution in [0, 0.1) is 0 Å². The Morgan fingerprint density at radius 1 is 0.886 bits per heavy atom. The number of fused-ring (bicyclic) bond motifs is 1. The van der Waals surface area contributed by atoms with Crippen LogP contribution in [0.2, 0.25) is 0 Å². The molecule has 0 aliphatic carbocycles. The summed E-state index contributed by atoms with van der Waals surface area (Å²) in [4.78, 5) is 27.0. The number of hydrogen-bond donors (Lipinski definition) is 1. The van der Waals surface area contributed by atoms with Crippen molar-refractivity contribution in [3.8, 4) is 11.5 Å². The molecule has 0 saturated carbocycles. The maximum absolute atomic E-state index is 14.0. The molecule has 178 valence electrons. The Kier molecular flexibility index (Phi) is 7.46. The van der Waals surface area contributed by atoms with Gasteiger partial charge >= 0.3 is 5.97 Å². The number of anilines is 1. The number of carboxylic acid groups (broad SMARTS) is 1. The van der Waals surface area contributed by atoms with Gasteiger partial charge in [0.1, 0.15) is 11.5 Å². The summed E-state index contributed by atoms with van der Waals surface area (Å²) in [6.45, 7) is 4.40. The minimum Gasteiger partial charge on any atom is -0.481 e. The second-order valence-corrected chi connectivity index (χ2v) is 8.55. The van der Waals surface area contributed by atoms with Gasteiger partial charge in [0.15, 0.2) is 0 Å². The molecule has 4 aromatic carbocycles. The summed E-state index contributed by atoms with van der Waals surface area (Å²) in [5.41, 5.74) is 2.18. The minimum absolute atomic E-state index is 0.0396. The third-order valence-corrected chi connectivity index (χ3v) is 6.18. The fraction of sp³-hybridized carbons (Fsp3) is 0.200. The zero-order valence-electron chi connectivity index (χ0n) is 20.0. The zero-order chi connectivity index (χ0) is 24.8. The highest BCUT2D eigenvalue weighted by atomic mass is 16.5. The van der Waals surface area contributed by atoms with Crippen molar-refractivity contribution in [2.75, 3.05) is 11.4 Å². The first kappa shape index (κ1) is 24.0. The van der Waals surface area contributed by atoms with Gasteiger partial charge in [-0.2, -0.15) is 0 Å². The molecular weight excluding hydrogens is 438 g/mol. The zero-order valence-corrected chi connectivity index (χ0v) is 20.0. The summed E-state index contributed by atoms with van der Waals surface area (Å²) >= 11 is 0. The molecule has 0 aliphatic rings. The van der Waals surface area contributed by atoms with Crippen molar-refractivity contribution < 1.29 is 19.4 Å². The molecular formula is C30H29NO4. The summed E-state index contributed by atoms with van der Waals surface area (Å²) in [6.07, 6.45) is 0.479. The molecule has 0 spiro atoms. The summed E-state index contributed by atoms with van der Waals surface area (Å²) < 4.78 is 6.03. The van der Waals surface area contributed by atoms with Gasteiger partial charge in [-0.15, -0.1) is 0 Å². The number of benzene rings is 4. The molecule has 0 aliphatic heterocycles. The lowest BCUT2D eigenvalue weighted by atomic mass is 9.91. The molecule has 0 radical (unpaired) electrons. The smallest absolute Gasteiger partial charge is 0.303 e. The van der Waals surface area contributed by atoms with E-state index in [0.29, 0.717) is 30.0 Å². The lowest BCUT2D eigenvalue weighted by molar-refractivity contribution is -0.137. The third-order valence-electron chi connectivity index (χ3n) is 6.18. The predicted octanol–water partition coefficient (Wildman–Crippen LogP) is 7.27. The van der Waals surface area contributed by atoms with E-state index in [1.807, 2.05) is 98.8 Å². The number of amides is 1. The summed E-state index contributed by atoms with van der Waals surface area (Å²) in [5, 5.41) is 11.2. The predicted molar refractivity (Wildman–Crippen MR) is 140 cm³/mol. The molecule has 1 amide bonds. The molecule has 4 aromatic rings. The molecule has 35 heavy (non-hydrogen) atoms. The molecule has 4 rings (SSSR count). The number of para-hydroxylation sites is 1. The number of hydrogen-bond acceptors (Lipinski definition) is 3. The van der Waals surface area contributed by atoms with Gasteiger partial charge in [-0.05, 0) is 60.5 Å². The van der Waals surface area contributed by atoms with Crippen LogP contribution in [0.25, 0.3) is 10.8 Å². The fourth-order valence-corrected chi connectivity index (χ4v) is 4.35. The Labute approximate surface area is 205 Å². The van der Waals surface area contributed by atoms with Gasteiger partial charge in [-0.1, -0.05) is 67.6 Å². The van der Waals surface area contributed by atoms with Gasteiger partial charge in [0.2, 0.25) is 0 Å². The van der Waals surface area contributed by atoms with E-state index in [4.69, 9.17) is 4.74 Å². The van der Waals surface area contributed by atoms with Crippen LogP contribution in [-0.4, -0.2) is 23.5 Å². The van der Waals surface area contributed by atoms with Crippen molar-refractivity contribution in [2.24, 2.45) is 0 Å². The molecule has 5 nitrogen and oxygen atoms in total. The summed E-state index contributed by atoms with van der Waals surface area (Å²) in [5.74, 6) is 0.142. The Morgan fingerprint density at radius 3 is 2.34 bits per heavy atom. The largest absolute Gasteiger partial charge is 0.481 e. The second-order valence-electron chi connectivity index (χ2n) is 8.55. The van der Waals surface area contributed by atoms with E-state index in [9.17, 15) is 14.7 Å². The molecule has 0 saturated heterocycles. The maximum atomic E-state index is 14.0. The van der Waals surface area contributed by atoms with Crippen molar-refractivity contribution in [1.29, 1.82) is 0 Å². The molecule has 0 bridgehead atoms. The highest BCUT2D eigenvalue weighted by Gasteiger charge is 2.24. The van der Waals surface area contributed by atoms with Crippen LogP contribution in [0.15, 0.2) is 91.0 Å². The lowest BCUT2D eigenvalue weighted by Gasteiger charge is -2.25. The third kappa shape index (κ3) is 5.52. The monoisotopic (exact) mass is 467 g/mol. The normalized spacial score (nSPS) is 11.7. The molecule has 0 unspecified atom stereocenters. The van der Waals surface area contributed by atoms with Crippen LogP contribution in [0.4, 0.5) is 5.69 Å². The van der Waals surface area contributed by atoms with Crippen molar-refractivity contribution in [1.82, 2.24) is 0 Å². The summed E-state index contributed by atoms with van der Waals surface area (Å²) in [7, 11) is 0. The van der Waals surface area contributed by atoms with Gasteiger partial charge in [-0.25, -0.2) is 0 Å². The Hall–Kier alpha value is -4.12. The molecule has 1 N–H and O–H groups in total. The van der Waals surface area contributed by atoms with Crippen molar-refractivity contribution in [3.63, 3.8) is 0 Å². The number of carbonyl (C=O) groups is 2. The van der Waals surface area contributed by atoms with E-state index in [-0.39, 0.29) is 18.2 Å². The summed E-state index contributed by atoms with van der Waals surface area (Å²) in [6, 6.07) is 28.9. The first-order valence-corrected chi connectivity index (χ1v) is 11.9. The average Bonchev–Trinajstić information content (AvgIpc) is 2.88. The van der Waals surface area contributed by atoms with Crippen LogP contribution in [0.5, 0.6) is 11.5 Å². The topological polar surface area (TPSA) is 66.8 Å². The van der Waals surface area contributed by atoms with Gasteiger partial charge < -0.3 is 14.7 Å². The van der Waals surface area contributed by atoms with Gasteiger partial charge in [-0.3, -0.25) is 9.59 Å². The number of ether oxygens (including phenoxy) is 1.